The summed E-state index contributed by atoms with van der Waals surface area (Å²) in [6.07, 6.45) is 1.60. The van der Waals surface area contributed by atoms with Gasteiger partial charge in [0.15, 0.2) is 0 Å². The van der Waals surface area contributed by atoms with Crippen LogP contribution in [0.2, 0.25) is 0 Å². The predicted octanol–water partition coefficient (Wildman–Crippen LogP) is 6.20. The van der Waals surface area contributed by atoms with Crippen molar-refractivity contribution in [2.45, 2.75) is 59.8 Å². The number of urea groups is 1. The first-order chi connectivity index (χ1) is 17.0. The molecule has 2 aromatic carbocycles. The van der Waals surface area contributed by atoms with Crippen LogP contribution in [-0.4, -0.2) is 39.7 Å². The lowest BCUT2D eigenvalue weighted by Crippen LogP contribution is -2.41. The first-order valence-electron chi connectivity index (χ1n) is 12.3. The van der Waals surface area contributed by atoms with Gasteiger partial charge in [-0.2, -0.15) is 5.10 Å². The number of anilines is 2. The molecule has 0 aliphatic rings. The van der Waals surface area contributed by atoms with Crippen LogP contribution in [0, 0.1) is 19.7 Å². The highest BCUT2D eigenvalue weighted by atomic mass is 19.1. The van der Waals surface area contributed by atoms with Crippen LogP contribution >= 0.6 is 0 Å². The molecule has 36 heavy (non-hydrogen) atoms. The van der Waals surface area contributed by atoms with E-state index in [0.29, 0.717) is 18.1 Å². The molecule has 7 nitrogen and oxygen atoms in total. The second-order valence-corrected chi connectivity index (χ2v) is 10.1. The number of hydrogen-bond donors (Lipinski definition) is 2. The van der Waals surface area contributed by atoms with Crippen LogP contribution < -0.4 is 10.6 Å². The Morgan fingerprint density at radius 3 is 2.44 bits per heavy atom. The van der Waals surface area contributed by atoms with E-state index in [2.05, 4.69) is 37.5 Å². The average molecular weight is 494 g/mol. The summed E-state index contributed by atoms with van der Waals surface area (Å²) in [6.45, 7) is 12.5. The van der Waals surface area contributed by atoms with Crippen LogP contribution in [-0.2, 0) is 10.2 Å². The second-order valence-electron chi connectivity index (χ2n) is 10.1. The molecule has 0 spiro atoms. The van der Waals surface area contributed by atoms with Gasteiger partial charge in [0.25, 0.3) is 0 Å². The van der Waals surface area contributed by atoms with E-state index in [1.165, 1.54) is 23.1 Å². The Bertz CT molecular complexity index is 1230. The molecule has 8 heteroatoms. The zero-order valence-corrected chi connectivity index (χ0v) is 22.0. The van der Waals surface area contributed by atoms with E-state index in [0.717, 1.165) is 35.3 Å². The van der Waals surface area contributed by atoms with Gasteiger partial charge in [0.2, 0.25) is 5.91 Å². The molecule has 192 valence electrons. The molecule has 0 bridgehead atoms. The van der Waals surface area contributed by atoms with Gasteiger partial charge in [0.1, 0.15) is 18.2 Å². The summed E-state index contributed by atoms with van der Waals surface area (Å²) >= 11 is 0. The van der Waals surface area contributed by atoms with Gasteiger partial charge in [-0.25, -0.2) is 13.9 Å². The molecular weight excluding hydrogens is 457 g/mol. The molecule has 1 heterocycles. The molecule has 0 aliphatic carbocycles. The molecule has 3 amide bonds. The van der Waals surface area contributed by atoms with E-state index in [1.807, 2.05) is 39.0 Å². The van der Waals surface area contributed by atoms with Crippen molar-refractivity contribution in [2.24, 2.45) is 0 Å². The van der Waals surface area contributed by atoms with Crippen molar-refractivity contribution < 1.29 is 14.0 Å². The summed E-state index contributed by atoms with van der Waals surface area (Å²) in [5.74, 6) is -0.246. The average Bonchev–Trinajstić information content (AvgIpc) is 3.20. The largest absolute Gasteiger partial charge is 0.322 e. The zero-order valence-electron chi connectivity index (χ0n) is 22.0. The number of nitrogens with one attached hydrogen (secondary N) is 2. The van der Waals surface area contributed by atoms with Crippen molar-refractivity contribution in [3.05, 3.63) is 71.2 Å². The first kappa shape index (κ1) is 26.9. The van der Waals surface area contributed by atoms with Crippen LogP contribution in [0.5, 0.6) is 0 Å². The number of carbonyl (C=O) groups excluding carboxylic acids is 2. The maximum Gasteiger partial charge on any atom is 0.322 e. The zero-order chi connectivity index (χ0) is 26.5. The number of aryl methyl sites for hydroxylation is 2. The lowest BCUT2D eigenvalue weighted by atomic mass is 9.92. The number of benzene rings is 2. The summed E-state index contributed by atoms with van der Waals surface area (Å²) in [7, 11) is 0. The standard InChI is InChI=1S/C28H36FN5O2/c1-7-8-14-33(27(36)30-22-11-9-10-21(29)16-22)18-26(35)31-25-17-24(28(4,5)6)32-34(25)23-13-12-19(2)15-20(23)3/h9-13,15-17H,7-8,14,18H2,1-6H3,(H,30,36)(H,31,35). The number of amides is 3. The molecule has 1 aromatic heterocycles. The normalized spacial score (nSPS) is 11.3. The van der Waals surface area contributed by atoms with Gasteiger partial charge < -0.3 is 15.5 Å². The number of halogens is 1. The molecule has 0 saturated heterocycles. The molecule has 3 aromatic rings. The number of hydrogen-bond acceptors (Lipinski definition) is 3. The molecule has 2 N–H and O–H groups in total. The fourth-order valence-electron chi connectivity index (χ4n) is 3.79. The van der Waals surface area contributed by atoms with Gasteiger partial charge in [-0.15, -0.1) is 0 Å². The molecule has 0 unspecified atom stereocenters. The summed E-state index contributed by atoms with van der Waals surface area (Å²) in [5, 5.41) is 10.4. The quantitative estimate of drug-likeness (QED) is 0.392. The van der Waals surface area contributed by atoms with Crippen LogP contribution in [0.1, 0.15) is 57.4 Å². The van der Waals surface area contributed by atoms with Gasteiger partial charge in [-0.3, -0.25) is 4.79 Å². The molecule has 0 aliphatic heterocycles. The van der Waals surface area contributed by atoms with E-state index in [9.17, 15) is 14.0 Å². The van der Waals surface area contributed by atoms with Crippen molar-refractivity contribution in [1.82, 2.24) is 14.7 Å². The highest BCUT2D eigenvalue weighted by Gasteiger charge is 2.23. The minimum Gasteiger partial charge on any atom is -0.315 e. The van der Waals surface area contributed by atoms with Crippen molar-refractivity contribution >= 4 is 23.4 Å². The number of carbonyl (C=O) groups is 2. The van der Waals surface area contributed by atoms with Crippen molar-refractivity contribution in [1.29, 1.82) is 0 Å². The topological polar surface area (TPSA) is 79.3 Å². The van der Waals surface area contributed by atoms with E-state index in [1.54, 1.807) is 10.7 Å². The Labute approximate surface area is 212 Å². The molecule has 0 saturated carbocycles. The van der Waals surface area contributed by atoms with E-state index in [-0.39, 0.29) is 17.9 Å². The van der Waals surface area contributed by atoms with Crippen molar-refractivity contribution in [3.8, 4) is 5.69 Å². The smallest absolute Gasteiger partial charge is 0.315 e. The Hall–Kier alpha value is -3.68. The Kier molecular flexibility index (Phi) is 8.50. The number of nitrogens with zero attached hydrogens (tertiary/aromatic N) is 3. The third kappa shape index (κ3) is 6.93. The molecule has 0 radical (unpaired) electrons. The minimum atomic E-state index is -0.456. The van der Waals surface area contributed by atoms with Gasteiger partial charge in [0, 0.05) is 23.7 Å². The summed E-state index contributed by atoms with van der Waals surface area (Å²) in [5.41, 5.74) is 4.00. The Morgan fingerprint density at radius 1 is 1.06 bits per heavy atom. The number of aromatic nitrogens is 2. The summed E-state index contributed by atoms with van der Waals surface area (Å²) in [6, 6.07) is 13.2. The number of unbranched alkanes of at least 4 members (excludes halogenated alkanes) is 1. The maximum absolute atomic E-state index is 13.6. The number of rotatable bonds is 8. The van der Waals surface area contributed by atoms with Crippen molar-refractivity contribution in [3.63, 3.8) is 0 Å². The van der Waals surface area contributed by atoms with Crippen LogP contribution in [0.3, 0.4) is 0 Å². The van der Waals surface area contributed by atoms with Gasteiger partial charge in [0.05, 0.1) is 11.4 Å². The third-order valence-corrected chi connectivity index (χ3v) is 5.80. The monoisotopic (exact) mass is 493 g/mol. The summed E-state index contributed by atoms with van der Waals surface area (Å²) in [4.78, 5) is 27.5. The molecule has 0 atom stereocenters. The second kappa shape index (κ2) is 11.4. The fourth-order valence-corrected chi connectivity index (χ4v) is 3.79. The van der Waals surface area contributed by atoms with Gasteiger partial charge >= 0.3 is 6.03 Å². The SMILES string of the molecule is CCCCN(CC(=O)Nc1cc(C(C)(C)C)nn1-c1ccc(C)cc1C)C(=O)Nc1cccc(F)c1. The Morgan fingerprint density at radius 2 is 1.81 bits per heavy atom. The third-order valence-electron chi connectivity index (χ3n) is 5.80. The molecule has 0 fully saturated rings. The van der Waals surface area contributed by atoms with Crippen LogP contribution in [0.4, 0.5) is 20.7 Å². The lowest BCUT2D eigenvalue weighted by Gasteiger charge is -2.22. The predicted molar refractivity (Wildman–Crippen MR) is 142 cm³/mol. The first-order valence-corrected chi connectivity index (χ1v) is 12.3. The lowest BCUT2D eigenvalue weighted by molar-refractivity contribution is -0.116. The highest BCUT2D eigenvalue weighted by Crippen LogP contribution is 2.28. The van der Waals surface area contributed by atoms with Crippen molar-refractivity contribution in [2.75, 3.05) is 23.7 Å². The van der Waals surface area contributed by atoms with E-state index in [4.69, 9.17) is 5.10 Å². The maximum atomic E-state index is 13.6. The highest BCUT2D eigenvalue weighted by molar-refractivity contribution is 5.96. The van der Waals surface area contributed by atoms with Crippen LogP contribution in [0.25, 0.3) is 5.69 Å². The minimum absolute atomic E-state index is 0.149. The molecule has 3 rings (SSSR count). The molecular formula is C28H36FN5O2. The van der Waals surface area contributed by atoms with Gasteiger partial charge in [-0.05, 0) is 50.1 Å². The van der Waals surface area contributed by atoms with Gasteiger partial charge in [-0.1, -0.05) is 57.9 Å². The van der Waals surface area contributed by atoms with E-state index < -0.39 is 11.8 Å². The fraction of sp³-hybridized carbons (Fsp3) is 0.393. The summed E-state index contributed by atoms with van der Waals surface area (Å²) < 4.78 is 15.3. The van der Waals surface area contributed by atoms with E-state index >= 15 is 0 Å². The van der Waals surface area contributed by atoms with Crippen LogP contribution in [0.15, 0.2) is 48.5 Å². The Balaban J connectivity index is 1.83.